The number of nitrogens with zero attached hydrogens (tertiary/aromatic N) is 4. The largest absolute Gasteiger partial charge is 0.497 e. The van der Waals surface area contributed by atoms with Crippen LogP contribution in [0, 0.1) is 23.2 Å². The summed E-state index contributed by atoms with van der Waals surface area (Å²) in [5.74, 6) is -1.71. The van der Waals surface area contributed by atoms with Gasteiger partial charge in [-0.25, -0.2) is 4.79 Å². The molecule has 378 valence electrons. The number of ether oxygens (including phenoxy) is 1. The Balaban J connectivity index is 1.88. The number of aliphatic hydroxyl groups excluding tert-OH is 1. The molecule has 2 aliphatic heterocycles. The zero-order valence-corrected chi connectivity index (χ0v) is 45.6. The molecule has 16 heteroatoms. The summed E-state index contributed by atoms with van der Waals surface area (Å²) in [4.78, 5) is 77.9. The average molecular weight is 972 g/mol. The molecule has 0 aromatic heterocycles. The SMILES string of the molecule is CC[C@H](C)[C@@H](C(=O)N1CCC[C@H]1C(=O)O)N(C)C(=O)[C@H](C)N(C)C(=O)[C@H](Cc1ccc(OC)cc1)NC(=O)/C(C)=C/[C@H]1CSC([C@@H](C)[C@H](C[C@H](C)C[C@H](O)C(C)(C)C)O[Si](C)(C)C(C)(C)C)=N1. The van der Waals surface area contributed by atoms with E-state index in [1.165, 1.54) is 28.8 Å². The van der Waals surface area contributed by atoms with Gasteiger partial charge in [-0.2, -0.15) is 0 Å². The number of likely N-dealkylation sites (N-methyl/N-ethyl adjacent to an activating group) is 2. The molecule has 1 aromatic rings. The second-order valence-electron chi connectivity index (χ2n) is 21.9. The van der Waals surface area contributed by atoms with Crippen LogP contribution in [-0.2, 0) is 34.8 Å². The number of hydrogen-bond donors (Lipinski definition) is 3. The molecule has 4 amide bonds. The number of thioether (sulfide) groups is 1. The van der Waals surface area contributed by atoms with Gasteiger partial charge in [-0.1, -0.05) is 93.9 Å². The first-order valence-electron chi connectivity index (χ1n) is 24.2. The summed E-state index contributed by atoms with van der Waals surface area (Å²) in [7, 11) is 2.43. The molecule has 0 unspecified atom stereocenters. The molecule has 1 saturated heterocycles. The zero-order chi connectivity index (χ0) is 50.9. The highest BCUT2D eigenvalue weighted by Crippen LogP contribution is 2.41. The lowest BCUT2D eigenvalue weighted by atomic mass is 9.82. The molecular formula is C51H85N5O9SSi. The first kappa shape index (κ1) is 57.6. The minimum Gasteiger partial charge on any atom is -0.497 e. The smallest absolute Gasteiger partial charge is 0.326 e. The van der Waals surface area contributed by atoms with Crippen LogP contribution in [0.2, 0.25) is 18.1 Å². The second-order valence-corrected chi connectivity index (χ2v) is 27.7. The Hall–Kier alpha value is -3.73. The highest BCUT2D eigenvalue weighted by atomic mass is 32.2. The summed E-state index contributed by atoms with van der Waals surface area (Å²) < 4.78 is 12.5. The number of amides is 4. The first-order chi connectivity index (χ1) is 30.9. The maximum Gasteiger partial charge on any atom is 0.326 e. The third-order valence-electron chi connectivity index (χ3n) is 14.5. The highest BCUT2D eigenvalue weighted by Gasteiger charge is 2.44. The van der Waals surface area contributed by atoms with Gasteiger partial charge in [-0.15, -0.1) is 11.8 Å². The molecule has 67 heavy (non-hydrogen) atoms. The Morgan fingerprint density at radius 3 is 2.13 bits per heavy atom. The van der Waals surface area contributed by atoms with E-state index in [9.17, 15) is 34.2 Å². The van der Waals surface area contributed by atoms with E-state index in [0.29, 0.717) is 49.3 Å². The topological polar surface area (TPSA) is 178 Å². The molecule has 1 fully saturated rings. The van der Waals surface area contributed by atoms with Crippen molar-refractivity contribution in [2.75, 3.05) is 33.5 Å². The van der Waals surface area contributed by atoms with Crippen LogP contribution >= 0.6 is 11.8 Å². The predicted molar refractivity (Wildman–Crippen MR) is 272 cm³/mol. The Kier molecular flexibility index (Phi) is 20.8. The predicted octanol–water partition coefficient (Wildman–Crippen LogP) is 7.83. The fourth-order valence-electron chi connectivity index (χ4n) is 8.38. The van der Waals surface area contributed by atoms with Crippen molar-refractivity contribution < 1.29 is 43.3 Å². The van der Waals surface area contributed by atoms with Crippen molar-refractivity contribution in [2.45, 2.75) is 182 Å². The highest BCUT2D eigenvalue weighted by molar-refractivity contribution is 8.14. The van der Waals surface area contributed by atoms with Crippen molar-refractivity contribution in [1.29, 1.82) is 0 Å². The number of carbonyl (C=O) groups excluding carboxylic acids is 4. The number of nitrogens with one attached hydrogen (secondary N) is 1. The molecule has 0 aliphatic carbocycles. The fraction of sp³-hybridized carbons (Fsp3) is 0.725. The summed E-state index contributed by atoms with van der Waals surface area (Å²) in [6.45, 7) is 29.1. The van der Waals surface area contributed by atoms with Gasteiger partial charge in [0.1, 0.15) is 29.9 Å². The molecule has 0 saturated carbocycles. The van der Waals surface area contributed by atoms with Gasteiger partial charge >= 0.3 is 5.97 Å². The van der Waals surface area contributed by atoms with Crippen molar-refractivity contribution in [3.63, 3.8) is 0 Å². The van der Waals surface area contributed by atoms with Crippen LogP contribution in [0.25, 0.3) is 0 Å². The summed E-state index contributed by atoms with van der Waals surface area (Å²) in [5.41, 5.74) is 0.943. The molecule has 3 rings (SSSR count). The Morgan fingerprint density at radius 1 is 0.985 bits per heavy atom. The molecule has 2 aliphatic rings. The van der Waals surface area contributed by atoms with E-state index >= 15 is 0 Å². The lowest BCUT2D eigenvalue weighted by molar-refractivity contribution is -0.155. The van der Waals surface area contributed by atoms with Gasteiger partial charge < -0.3 is 39.4 Å². The Bertz CT molecular complexity index is 1930. The maximum atomic E-state index is 14.5. The second kappa shape index (κ2) is 24.2. The number of likely N-dealkylation sites (tertiary alicyclic amines) is 1. The maximum absolute atomic E-state index is 14.5. The van der Waals surface area contributed by atoms with Gasteiger partial charge in [0, 0.05) is 44.3 Å². The van der Waals surface area contributed by atoms with Crippen molar-refractivity contribution >= 4 is 54.7 Å². The third-order valence-corrected chi connectivity index (χ3v) is 20.3. The van der Waals surface area contributed by atoms with E-state index < -0.39 is 68.2 Å². The zero-order valence-electron chi connectivity index (χ0n) is 43.8. The number of aliphatic carboxylic acids is 1. The number of aliphatic hydroxyl groups is 1. The summed E-state index contributed by atoms with van der Waals surface area (Å²) in [6.07, 6.45) is 4.35. The summed E-state index contributed by atoms with van der Waals surface area (Å²) >= 11 is 1.67. The standard InChI is InChI=1S/C51H85N5O9SSi/c1-18-32(3)43(48(61)56-25-19-20-40(56)49(62)63)55(14)46(59)35(6)54(13)47(60)39(29-36-21-23-38(64-15)24-22-36)53-44(58)33(4)28-37-30-66-45(52-37)34(5)41(65-67(16,17)51(10,11)12)26-31(2)27-42(57)50(7,8)9/h21-24,28,31-32,34-35,37,39-43,57H,18-20,25-27,29-30H2,1-17H3,(H,53,58)(H,62,63)/b33-28+/t31-,32-,34-,35-,37-,39-,40-,41-,42-,43-/m0/s1. The Labute approximate surface area is 407 Å². The minimum absolute atomic E-state index is 0.00390. The number of carboxylic acid groups (broad SMARTS) is 1. The number of hydrogen-bond acceptors (Lipinski definition) is 10. The van der Waals surface area contributed by atoms with Gasteiger partial charge in [-0.05, 0) is 92.6 Å². The van der Waals surface area contributed by atoms with Gasteiger partial charge in [-0.3, -0.25) is 24.2 Å². The van der Waals surface area contributed by atoms with E-state index in [4.69, 9.17) is 14.2 Å². The molecule has 0 bridgehead atoms. The van der Waals surface area contributed by atoms with Gasteiger partial charge in [0.25, 0.3) is 0 Å². The minimum atomic E-state index is -2.18. The number of methoxy groups -OCH3 is 1. The summed E-state index contributed by atoms with van der Waals surface area (Å²) in [5, 5.41) is 24.7. The molecule has 14 nitrogen and oxygen atoms in total. The van der Waals surface area contributed by atoms with E-state index in [2.05, 4.69) is 73.8 Å². The quantitative estimate of drug-likeness (QED) is 0.0767. The van der Waals surface area contributed by atoms with Crippen LogP contribution in [-0.4, -0.2) is 144 Å². The van der Waals surface area contributed by atoms with Gasteiger partial charge in [0.2, 0.25) is 23.6 Å². The molecule has 2 heterocycles. The van der Waals surface area contributed by atoms with Crippen molar-refractivity contribution in [3.05, 3.63) is 41.5 Å². The molecule has 1 aromatic carbocycles. The van der Waals surface area contributed by atoms with Crippen LogP contribution in [0.5, 0.6) is 5.75 Å². The van der Waals surface area contributed by atoms with Gasteiger partial charge in [0.15, 0.2) is 8.32 Å². The van der Waals surface area contributed by atoms with E-state index in [0.717, 1.165) is 17.0 Å². The van der Waals surface area contributed by atoms with Crippen molar-refractivity contribution in [1.82, 2.24) is 20.0 Å². The van der Waals surface area contributed by atoms with E-state index in [1.54, 1.807) is 44.9 Å². The number of carboxylic acids is 1. The average Bonchev–Trinajstić information content (AvgIpc) is 3.95. The van der Waals surface area contributed by atoms with Gasteiger partial charge in [0.05, 0.1) is 30.4 Å². The van der Waals surface area contributed by atoms with Crippen molar-refractivity contribution in [2.24, 2.45) is 28.2 Å². The molecule has 10 atom stereocenters. The lowest BCUT2D eigenvalue weighted by Gasteiger charge is -2.42. The third kappa shape index (κ3) is 15.4. The van der Waals surface area contributed by atoms with E-state index in [-0.39, 0.29) is 46.8 Å². The Morgan fingerprint density at radius 2 is 1.60 bits per heavy atom. The summed E-state index contributed by atoms with van der Waals surface area (Å²) in [6, 6.07) is 2.95. The van der Waals surface area contributed by atoms with Crippen LogP contribution in [0.3, 0.4) is 0 Å². The number of rotatable bonds is 22. The van der Waals surface area contributed by atoms with E-state index in [1.807, 2.05) is 32.1 Å². The van der Waals surface area contributed by atoms with Crippen LogP contribution in [0.4, 0.5) is 0 Å². The first-order valence-corrected chi connectivity index (χ1v) is 28.1. The number of benzene rings is 1. The molecular weight excluding hydrogens is 887 g/mol. The van der Waals surface area contributed by atoms with Crippen molar-refractivity contribution in [3.8, 4) is 5.75 Å². The number of carbonyl (C=O) groups is 5. The fourth-order valence-corrected chi connectivity index (χ4v) is 10.9. The lowest BCUT2D eigenvalue weighted by Crippen LogP contribution is -2.59. The molecule has 3 N–H and O–H groups in total. The monoisotopic (exact) mass is 972 g/mol. The van der Waals surface area contributed by atoms with Crippen LogP contribution < -0.4 is 10.1 Å². The van der Waals surface area contributed by atoms with Crippen LogP contribution in [0.1, 0.15) is 121 Å². The molecule has 0 radical (unpaired) electrons. The normalized spacial score (nSPS) is 20.7. The molecule has 0 spiro atoms. The van der Waals surface area contributed by atoms with Crippen LogP contribution in [0.15, 0.2) is 40.9 Å². The number of aliphatic imine (C=N–C) groups is 1.